The molecular weight excluding hydrogens is 497 g/mol. The number of hydrogen-bond acceptors (Lipinski definition) is 6. The van der Waals surface area contributed by atoms with E-state index in [1.807, 2.05) is 42.5 Å². The molecule has 0 aromatic heterocycles. The minimum Gasteiger partial charge on any atom is -0.492 e. The van der Waals surface area contributed by atoms with Gasteiger partial charge >= 0.3 is 7.82 Å². The molecule has 0 saturated heterocycles. The third-order valence-corrected chi connectivity index (χ3v) is 5.94. The smallest absolute Gasteiger partial charge is 0.469 e. The summed E-state index contributed by atoms with van der Waals surface area (Å²) >= 11 is 0. The number of phosphoric ester groups is 1. The summed E-state index contributed by atoms with van der Waals surface area (Å²) in [6.45, 7) is 0.876. The molecule has 3 aromatic rings. The van der Waals surface area contributed by atoms with E-state index in [0.29, 0.717) is 18.8 Å². The van der Waals surface area contributed by atoms with E-state index in [1.165, 1.54) is 26.1 Å². The highest BCUT2D eigenvalue weighted by Gasteiger charge is 2.32. The summed E-state index contributed by atoms with van der Waals surface area (Å²) in [5.41, 5.74) is 7.89. The summed E-state index contributed by atoms with van der Waals surface area (Å²) in [7, 11) is -3.32. The highest BCUT2D eigenvalue weighted by atomic mass is 31.2. The molecule has 6 N–H and O–H groups in total. The van der Waals surface area contributed by atoms with Crippen LogP contribution in [0.4, 0.5) is 5.69 Å². The molecule has 11 heteroatoms. The average Bonchev–Trinajstić information content (AvgIpc) is 2.88. The first-order valence-electron chi connectivity index (χ1n) is 11.4. The van der Waals surface area contributed by atoms with Crippen LogP contribution in [0.2, 0.25) is 0 Å². The van der Waals surface area contributed by atoms with Crippen molar-refractivity contribution < 1.29 is 33.2 Å². The van der Waals surface area contributed by atoms with Crippen molar-refractivity contribution in [2.24, 2.45) is 5.73 Å². The number of nitrogens with one attached hydrogen (secondary N) is 2. The molecule has 0 aliphatic heterocycles. The number of carbonyl (C=O) groups excluding carboxylic acids is 2. The second-order valence-corrected chi connectivity index (χ2v) is 9.83. The Morgan fingerprint density at radius 2 is 1.65 bits per heavy atom. The largest absolute Gasteiger partial charge is 0.492 e. The van der Waals surface area contributed by atoms with Crippen molar-refractivity contribution >= 4 is 25.3 Å². The molecule has 1 unspecified atom stereocenters. The Morgan fingerprint density at radius 1 is 1.00 bits per heavy atom. The van der Waals surface area contributed by atoms with Gasteiger partial charge in [-0.1, -0.05) is 54.6 Å². The number of hydrogen-bond donors (Lipinski definition) is 5. The maximum absolute atomic E-state index is 12.5. The topological polar surface area (TPSA) is 160 Å². The summed E-state index contributed by atoms with van der Waals surface area (Å²) in [5, 5.41) is 5.07. The van der Waals surface area contributed by atoms with Crippen molar-refractivity contribution in [3.63, 3.8) is 0 Å². The van der Waals surface area contributed by atoms with Crippen LogP contribution >= 0.6 is 7.82 Å². The van der Waals surface area contributed by atoms with Crippen LogP contribution in [0.1, 0.15) is 22.8 Å². The standard InChI is InChI=1S/C26H30N3O7P/c1-26(27,17-36-37(32,33)34)25(31)29-21-12-13-23(22(16-21)24(30)28-2)35-15-14-18-8-10-20(11-9-18)19-6-4-3-5-7-19/h3-13,16H,14-15,17,27H2,1-2H3,(H,28,30)(H,29,31)(H2,32,33,34). The molecule has 10 nitrogen and oxygen atoms in total. The predicted molar refractivity (Wildman–Crippen MR) is 140 cm³/mol. The molecule has 0 bridgehead atoms. The zero-order valence-electron chi connectivity index (χ0n) is 20.5. The number of phosphoric acid groups is 1. The van der Waals surface area contributed by atoms with Gasteiger partial charge in [-0.15, -0.1) is 0 Å². The molecule has 3 rings (SSSR count). The number of rotatable bonds is 11. The first kappa shape index (κ1) is 28.0. The molecule has 1 atom stereocenters. The maximum atomic E-state index is 12.5. The number of carbonyl (C=O) groups is 2. The van der Waals surface area contributed by atoms with Gasteiger partial charge in [0.25, 0.3) is 5.91 Å². The minimum atomic E-state index is -4.80. The van der Waals surface area contributed by atoms with E-state index in [2.05, 4.69) is 27.3 Å². The van der Waals surface area contributed by atoms with Crippen LogP contribution in [0, 0.1) is 0 Å². The van der Waals surface area contributed by atoms with Gasteiger partial charge in [-0.25, -0.2) is 4.57 Å². The Balaban J connectivity index is 1.64. The molecule has 0 spiro atoms. The van der Waals surface area contributed by atoms with Gasteiger partial charge in [0.1, 0.15) is 11.3 Å². The maximum Gasteiger partial charge on any atom is 0.469 e. The Kier molecular flexibility index (Phi) is 9.20. The number of benzene rings is 3. The van der Waals surface area contributed by atoms with Crippen LogP contribution in [-0.2, 0) is 20.3 Å². The van der Waals surface area contributed by atoms with E-state index in [0.717, 1.165) is 16.7 Å². The average molecular weight is 528 g/mol. The van der Waals surface area contributed by atoms with E-state index < -0.39 is 31.8 Å². The van der Waals surface area contributed by atoms with E-state index in [9.17, 15) is 14.2 Å². The number of nitrogens with two attached hydrogens (primary N) is 1. The molecule has 196 valence electrons. The zero-order chi connectivity index (χ0) is 27.1. The summed E-state index contributed by atoms with van der Waals surface area (Å²) in [5.74, 6) is -0.839. The lowest BCUT2D eigenvalue weighted by Crippen LogP contribution is -2.52. The molecule has 0 fully saturated rings. The minimum absolute atomic E-state index is 0.199. The van der Waals surface area contributed by atoms with Crippen molar-refractivity contribution in [1.29, 1.82) is 0 Å². The molecule has 0 heterocycles. The summed E-state index contributed by atoms with van der Waals surface area (Å²) in [4.78, 5) is 42.7. The van der Waals surface area contributed by atoms with Crippen LogP contribution in [0.15, 0.2) is 72.8 Å². The van der Waals surface area contributed by atoms with Gasteiger partial charge in [0.05, 0.1) is 18.8 Å². The van der Waals surface area contributed by atoms with E-state index in [4.69, 9.17) is 20.3 Å². The molecule has 0 saturated carbocycles. The van der Waals surface area contributed by atoms with Crippen molar-refractivity contribution in [3.8, 4) is 16.9 Å². The molecule has 37 heavy (non-hydrogen) atoms. The Labute approximate surface area is 215 Å². The lowest BCUT2D eigenvalue weighted by atomic mass is 10.0. The van der Waals surface area contributed by atoms with Gasteiger partial charge in [0, 0.05) is 19.2 Å². The first-order valence-corrected chi connectivity index (χ1v) is 13.0. The van der Waals surface area contributed by atoms with Gasteiger partial charge in [-0.3, -0.25) is 14.1 Å². The summed E-state index contributed by atoms with van der Waals surface area (Å²) in [6, 6.07) is 22.7. The number of ether oxygens (including phenoxy) is 1. The van der Waals surface area contributed by atoms with Crippen LogP contribution in [0.5, 0.6) is 5.75 Å². The van der Waals surface area contributed by atoms with Crippen molar-refractivity contribution in [3.05, 3.63) is 83.9 Å². The number of amides is 2. The van der Waals surface area contributed by atoms with E-state index >= 15 is 0 Å². The summed E-state index contributed by atoms with van der Waals surface area (Å²) < 4.78 is 21.2. The Bertz CT molecular complexity index is 1280. The second kappa shape index (κ2) is 12.1. The Hall–Kier alpha value is -3.53. The van der Waals surface area contributed by atoms with Crippen LogP contribution in [-0.4, -0.2) is 47.4 Å². The molecule has 0 aliphatic rings. The third-order valence-electron chi connectivity index (χ3n) is 5.47. The monoisotopic (exact) mass is 527 g/mol. The fourth-order valence-electron chi connectivity index (χ4n) is 3.38. The van der Waals surface area contributed by atoms with Gasteiger partial charge < -0.3 is 30.9 Å². The van der Waals surface area contributed by atoms with E-state index in [1.54, 1.807) is 6.07 Å². The van der Waals surface area contributed by atoms with Gasteiger partial charge in [-0.2, -0.15) is 0 Å². The van der Waals surface area contributed by atoms with Gasteiger partial charge in [0.2, 0.25) is 5.91 Å². The molecule has 0 radical (unpaired) electrons. The molecule has 0 aliphatic carbocycles. The van der Waals surface area contributed by atoms with Gasteiger partial charge in [-0.05, 0) is 41.8 Å². The normalized spacial score (nSPS) is 12.9. The highest BCUT2D eigenvalue weighted by molar-refractivity contribution is 7.46. The number of anilines is 1. The second-order valence-electron chi connectivity index (χ2n) is 8.59. The van der Waals surface area contributed by atoms with E-state index in [-0.39, 0.29) is 11.3 Å². The highest BCUT2D eigenvalue weighted by Crippen LogP contribution is 2.36. The molecule has 3 aromatic carbocycles. The fraction of sp³-hybridized carbons (Fsp3) is 0.231. The zero-order valence-corrected chi connectivity index (χ0v) is 21.4. The fourth-order valence-corrected chi connectivity index (χ4v) is 3.81. The Morgan fingerprint density at radius 3 is 2.27 bits per heavy atom. The molecular formula is C26H30N3O7P. The SMILES string of the molecule is CNC(=O)c1cc(NC(=O)C(C)(N)COP(=O)(O)O)ccc1OCCc1ccc(-c2ccccc2)cc1. The lowest BCUT2D eigenvalue weighted by Gasteiger charge is -2.23. The van der Waals surface area contributed by atoms with Gasteiger partial charge in [0.15, 0.2) is 0 Å². The van der Waals surface area contributed by atoms with Crippen molar-refractivity contribution in [2.75, 3.05) is 25.6 Å². The van der Waals surface area contributed by atoms with Crippen LogP contribution < -0.4 is 21.1 Å². The molecule has 2 amide bonds. The van der Waals surface area contributed by atoms with Crippen LogP contribution in [0.25, 0.3) is 11.1 Å². The quantitative estimate of drug-likeness (QED) is 0.238. The third kappa shape index (κ3) is 8.24. The first-order chi connectivity index (χ1) is 17.5. The van der Waals surface area contributed by atoms with Crippen LogP contribution in [0.3, 0.4) is 0 Å². The predicted octanol–water partition coefficient (Wildman–Crippen LogP) is 3.10. The lowest BCUT2D eigenvalue weighted by molar-refractivity contribution is -0.121. The van der Waals surface area contributed by atoms with Crippen molar-refractivity contribution in [2.45, 2.75) is 18.9 Å². The van der Waals surface area contributed by atoms with Crippen molar-refractivity contribution in [1.82, 2.24) is 5.32 Å². The summed E-state index contributed by atoms with van der Waals surface area (Å²) in [6.07, 6.45) is 0.617.